The van der Waals surface area contributed by atoms with Gasteiger partial charge in [0.1, 0.15) is 5.82 Å². The minimum absolute atomic E-state index is 0.110. The highest BCUT2D eigenvalue weighted by Crippen LogP contribution is 2.30. The lowest BCUT2D eigenvalue weighted by Crippen LogP contribution is -2.23. The van der Waals surface area contributed by atoms with Crippen LogP contribution in [0.2, 0.25) is 0 Å². The average molecular weight is 289 g/mol. The van der Waals surface area contributed by atoms with Crippen LogP contribution in [-0.2, 0) is 0 Å². The van der Waals surface area contributed by atoms with E-state index in [0.717, 1.165) is 18.5 Å². The van der Waals surface area contributed by atoms with E-state index in [2.05, 4.69) is 42.8 Å². The summed E-state index contributed by atoms with van der Waals surface area (Å²) >= 11 is 1.74. The van der Waals surface area contributed by atoms with E-state index < -0.39 is 0 Å². The number of nitrogens with one attached hydrogen (secondary N) is 1. The van der Waals surface area contributed by atoms with Crippen LogP contribution in [-0.4, -0.2) is 12.8 Å². The fourth-order valence-corrected chi connectivity index (χ4v) is 2.89. The Morgan fingerprint density at radius 3 is 2.45 bits per heavy atom. The van der Waals surface area contributed by atoms with Crippen molar-refractivity contribution >= 4 is 11.8 Å². The Hall–Kier alpha value is -1.32. The van der Waals surface area contributed by atoms with Gasteiger partial charge in [0.15, 0.2) is 0 Å². The van der Waals surface area contributed by atoms with Crippen LogP contribution in [0.4, 0.5) is 4.39 Å². The van der Waals surface area contributed by atoms with Crippen molar-refractivity contribution in [2.24, 2.45) is 0 Å². The van der Waals surface area contributed by atoms with Gasteiger partial charge in [0, 0.05) is 4.90 Å². The van der Waals surface area contributed by atoms with Gasteiger partial charge in [-0.3, -0.25) is 0 Å². The molecule has 2 rings (SSSR count). The average Bonchev–Trinajstić information content (AvgIpc) is 2.50. The lowest BCUT2D eigenvalue weighted by atomic mass is 9.98. The molecule has 1 nitrogen and oxygen atoms in total. The Labute approximate surface area is 124 Å². The molecule has 106 valence electrons. The first-order chi connectivity index (χ1) is 9.76. The van der Waals surface area contributed by atoms with Gasteiger partial charge in [-0.25, -0.2) is 4.39 Å². The molecule has 0 bridgehead atoms. The van der Waals surface area contributed by atoms with Crippen LogP contribution in [0.25, 0.3) is 0 Å². The first kappa shape index (κ1) is 15.1. The number of hydrogen-bond acceptors (Lipinski definition) is 2. The fraction of sp³-hybridized carbons (Fsp3) is 0.294. The summed E-state index contributed by atoms with van der Waals surface area (Å²) in [5.41, 5.74) is 2.35. The van der Waals surface area contributed by atoms with Gasteiger partial charge >= 0.3 is 0 Å². The highest BCUT2D eigenvalue weighted by Gasteiger charge is 2.16. The van der Waals surface area contributed by atoms with Crippen molar-refractivity contribution in [1.29, 1.82) is 0 Å². The van der Waals surface area contributed by atoms with Crippen LogP contribution >= 0.6 is 11.8 Å². The van der Waals surface area contributed by atoms with E-state index >= 15 is 0 Å². The quantitative estimate of drug-likeness (QED) is 0.778. The molecule has 0 aliphatic rings. The fourth-order valence-electron chi connectivity index (χ4n) is 2.26. The van der Waals surface area contributed by atoms with Crippen LogP contribution in [0.3, 0.4) is 0 Å². The number of hydrogen-bond donors (Lipinski definition) is 1. The largest absolute Gasteiger partial charge is 0.306 e. The van der Waals surface area contributed by atoms with E-state index in [1.807, 2.05) is 12.1 Å². The van der Waals surface area contributed by atoms with Crippen molar-refractivity contribution in [1.82, 2.24) is 5.32 Å². The van der Waals surface area contributed by atoms with Gasteiger partial charge in [-0.05, 0) is 48.5 Å². The zero-order valence-electron chi connectivity index (χ0n) is 11.9. The Kier molecular flexibility index (Phi) is 5.62. The molecule has 0 aliphatic heterocycles. The van der Waals surface area contributed by atoms with E-state index in [1.54, 1.807) is 11.8 Å². The highest BCUT2D eigenvalue weighted by molar-refractivity contribution is 7.98. The van der Waals surface area contributed by atoms with E-state index in [-0.39, 0.29) is 11.9 Å². The third-order valence-corrected chi connectivity index (χ3v) is 4.06. The molecular formula is C17H20FNS. The molecule has 0 aromatic heterocycles. The molecule has 1 unspecified atom stereocenters. The Bertz CT molecular complexity index is 539. The molecule has 0 saturated heterocycles. The summed E-state index contributed by atoms with van der Waals surface area (Å²) in [5, 5.41) is 3.56. The zero-order valence-corrected chi connectivity index (χ0v) is 12.7. The Morgan fingerprint density at radius 2 is 1.80 bits per heavy atom. The van der Waals surface area contributed by atoms with Gasteiger partial charge in [-0.15, -0.1) is 11.8 Å². The van der Waals surface area contributed by atoms with Gasteiger partial charge in [0.25, 0.3) is 0 Å². The summed E-state index contributed by atoms with van der Waals surface area (Å²) in [7, 11) is 0. The molecule has 0 saturated carbocycles. The summed E-state index contributed by atoms with van der Waals surface area (Å²) in [6, 6.07) is 15.3. The van der Waals surface area contributed by atoms with Crippen LogP contribution in [0.5, 0.6) is 0 Å². The van der Waals surface area contributed by atoms with Crippen LogP contribution in [0.1, 0.15) is 30.5 Å². The second kappa shape index (κ2) is 7.46. The summed E-state index contributed by atoms with van der Waals surface area (Å²) in [5.74, 6) is -0.193. The van der Waals surface area contributed by atoms with E-state index in [4.69, 9.17) is 0 Å². The van der Waals surface area contributed by atoms with Gasteiger partial charge in [0.05, 0.1) is 6.04 Å². The summed E-state index contributed by atoms with van der Waals surface area (Å²) < 4.78 is 13.1. The van der Waals surface area contributed by atoms with Crippen LogP contribution in [0, 0.1) is 5.82 Å². The SMILES string of the molecule is CCCNC(c1ccc(F)cc1)c1ccccc1SC. The number of thioether (sulfide) groups is 1. The van der Waals surface area contributed by atoms with E-state index in [9.17, 15) is 4.39 Å². The van der Waals surface area contributed by atoms with Crippen molar-refractivity contribution in [2.45, 2.75) is 24.3 Å². The maximum atomic E-state index is 13.1. The number of benzene rings is 2. The molecule has 20 heavy (non-hydrogen) atoms. The van der Waals surface area contributed by atoms with Gasteiger partial charge in [0.2, 0.25) is 0 Å². The topological polar surface area (TPSA) is 12.0 Å². The minimum atomic E-state index is -0.193. The van der Waals surface area contributed by atoms with Gasteiger partial charge in [-0.2, -0.15) is 0 Å². The first-order valence-electron chi connectivity index (χ1n) is 6.88. The summed E-state index contributed by atoms with van der Waals surface area (Å²) in [6.07, 6.45) is 3.15. The van der Waals surface area contributed by atoms with Crippen molar-refractivity contribution in [3.05, 3.63) is 65.5 Å². The molecule has 3 heteroatoms. The molecule has 1 N–H and O–H groups in total. The molecule has 0 aliphatic carbocycles. The third-order valence-electron chi connectivity index (χ3n) is 3.25. The predicted octanol–water partition coefficient (Wildman–Crippen LogP) is 4.64. The van der Waals surface area contributed by atoms with Crippen LogP contribution in [0.15, 0.2) is 53.4 Å². The Morgan fingerprint density at radius 1 is 1.10 bits per heavy atom. The molecule has 2 aromatic carbocycles. The van der Waals surface area contributed by atoms with Crippen molar-refractivity contribution in [3.63, 3.8) is 0 Å². The number of halogens is 1. The van der Waals surface area contributed by atoms with Crippen molar-refractivity contribution in [3.8, 4) is 0 Å². The second-order valence-corrected chi connectivity index (χ2v) is 5.53. The van der Waals surface area contributed by atoms with Crippen LogP contribution < -0.4 is 5.32 Å². The maximum Gasteiger partial charge on any atom is 0.123 e. The molecule has 2 aromatic rings. The summed E-state index contributed by atoms with van der Waals surface area (Å²) in [6.45, 7) is 3.08. The molecule has 0 radical (unpaired) electrons. The number of rotatable bonds is 6. The highest BCUT2D eigenvalue weighted by atomic mass is 32.2. The third kappa shape index (κ3) is 3.62. The molecule has 0 heterocycles. The summed E-state index contributed by atoms with van der Waals surface area (Å²) in [4.78, 5) is 1.26. The monoisotopic (exact) mass is 289 g/mol. The maximum absolute atomic E-state index is 13.1. The first-order valence-corrected chi connectivity index (χ1v) is 8.10. The van der Waals surface area contributed by atoms with Crippen molar-refractivity contribution in [2.75, 3.05) is 12.8 Å². The zero-order chi connectivity index (χ0) is 14.4. The van der Waals surface area contributed by atoms with Gasteiger partial charge in [-0.1, -0.05) is 37.3 Å². The Balaban J connectivity index is 2.38. The predicted molar refractivity (Wildman–Crippen MR) is 84.8 cm³/mol. The smallest absolute Gasteiger partial charge is 0.123 e. The lowest BCUT2D eigenvalue weighted by Gasteiger charge is -2.22. The standard InChI is InChI=1S/C17H20FNS/c1-3-12-19-17(13-8-10-14(18)11-9-13)15-6-4-5-7-16(15)20-2/h4-11,17,19H,3,12H2,1-2H3. The van der Waals surface area contributed by atoms with E-state index in [1.165, 1.54) is 22.6 Å². The minimum Gasteiger partial charge on any atom is -0.306 e. The molecule has 0 spiro atoms. The molecule has 0 amide bonds. The molecular weight excluding hydrogens is 269 g/mol. The van der Waals surface area contributed by atoms with Gasteiger partial charge < -0.3 is 5.32 Å². The normalized spacial score (nSPS) is 12.3. The second-order valence-electron chi connectivity index (χ2n) is 4.68. The van der Waals surface area contributed by atoms with Crippen molar-refractivity contribution < 1.29 is 4.39 Å². The molecule has 1 atom stereocenters. The van der Waals surface area contributed by atoms with E-state index in [0.29, 0.717) is 0 Å². The molecule has 0 fully saturated rings. The lowest BCUT2D eigenvalue weighted by molar-refractivity contribution is 0.587.